The molecular weight excluding hydrogens is 172 g/mol. The molecule has 1 amide bonds. The minimum absolute atomic E-state index is 0.212. The Bertz CT molecular complexity index is 449. The minimum atomic E-state index is -0.212. The standard InChI is InChI=1S/C6H6N6O/c1-4(13)11-6-8-2-7-5-9-3-10-12(5)6/h2-3H,1H3,(H,7,8,9,10,11,13). The van der Waals surface area contributed by atoms with E-state index in [0.717, 1.165) is 0 Å². The van der Waals surface area contributed by atoms with Gasteiger partial charge in [-0.05, 0) is 0 Å². The highest BCUT2D eigenvalue weighted by Gasteiger charge is 2.04. The first-order valence-corrected chi connectivity index (χ1v) is 3.55. The fourth-order valence-corrected chi connectivity index (χ4v) is 0.905. The van der Waals surface area contributed by atoms with Gasteiger partial charge in [0.05, 0.1) is 0 Å². The molecule has 0 spiro atoms. The first-order chi connectivity index (χ1) is 6.27. The Morgan fingerprint density at radius 2 is 2.15 bits per heavy atom. The Morgan fingerprint density at radius 1 is 1.38 bits per heavy atom. The van der Waals surface area contributed by atoms with Crippen LogP contribution in [0, 0.1) is 0 Å². The molecule has 0 aliphatic heterocycles. The van der Waals surface area contributed by atoms with E-state index in [4.69, 9.17) is 0 Å². The molecule has 2 aromatic rings. The van der Waals surface area contributed by atoms with Crippen molar-refractivity contribution in [2.75, 3.05) is 5.32 Å². The van der Waals surface area contributed by atoms with Crippen molar-refractivity contribution in [2.45, 2.75) is 6.92 Å². The molecule has 7 nitrogen and oxygen atoms in total. The number of fused-ring (bicyclic) bond motifs is 1. The highest BCUT2D eigenvalue weighted by Crippen LogP contribution is 2.01. The summed E-state index contributed by atoms with van der Waals surface area (Å²) in [5, 5.41) is 6.34. The summed E-state index contributed by atoms with van der Waals surface area (Å²) < 4.78 is 1.35. The number of nitrogens with zero attached hydrogens (tertiary/aromatic N) is 5. The molecule has 0 bridgehead atoms. The van der Waals surface area contributed by atoms with Gasteiger partial charge in [0.15, 0.2) is 0 Å². The van der Waals surface area contributed by atoms with Gasteiger partial charge >= 0.3 is 0 Å². The molecule has 0 atom stereocenters. The molecule has 0 radical (unpaired) electrons. The van der Waals surface area contributed by atoms with Crippen LogP contribution < -0.4 is 5.32 Å². The number of amides is 1. The highest BCUT2D eigenvalue weighted by molar-refractivity contribution is 5.86. The Labute approximate surface area is 72.8 Å². The maximum absolute atomic E-state index is 10.7. The van der Waals surface area contributed by atoms with Gasteiger partial charge in [0.2, 0.25) is 11.9 Å². The SMILES string of the molecule is CC(=O)Nc1ncnc2ncnn12. The van der Waals surface area contributed by atoms with Crippen molar-refractivity contribution in [3.8, 4) is 0 Å². The van der Waals surface area contributed by atoms with Gasteiger partial charge in [-0.1, -0.05) is 0 Å². The predicted molar refractivity (Wildman–Crippen MR) is 42.9 cm³/mol. The topological polar surface area (TPSA) is 85.1 Å². The summed E-state index contributed by atoms with van der Waals surface area (Å²) in [6, 6.07) is 0. The molecular formula is C6H6N6O. The summed E-state index contributed by atoms with van der Waals surface area (Å²) in [5.74, 6) is 0.504. The number of rotatable bonds is 1. The lowest BCUT2D eigenvalue weighted by Gasteiger charge is -2.00. The van der Waals surface area contributed by atoms with Gasteiger partial charge in [-0.2, -0.15) is 19.6 Å². The normalized spacial score (nSPS) is 10.2. The lowest BCUT2D eigenvalue weighted by Crippen LogP contribution is -2.12. The number of hydrogen-bond donors (Lipinski definition) is 1. The van der Waals surface area contributed by atoms with Gasteiger partial charge in [0.25, 0.3) is 5.78 Å². The second kappa shape index (κ2) is 2.77. The van der Waals surface area contributed by atoms with E-state index in [0.29, 0.717) is 11.7 Å². The fourth-order valence-electron chi connectivity index (χ4n) is 0.905. The van der Waals surface area contributed by atoms with Crippen molar-refractivity contribution in [3.05, 3.63) is 12.7 Å². The lowest BCUT2D eigenvalue weighted by atomic mass is 10.7. The molecule has 0 aliphatic rings. The first kappa shape index (κ1) is 7.59. The molecule has 66 valence electrons. The summed E-state index contributed by atoms with van der Waals surface area (Å²) in [6.07, 6.45) is 2.66. The van der Waals surface area contributed by atoms with E-state index in [1.807, 2.05) is 0 Å². The largest absolute Gasteiger partial charge is 0.295 e. The molecule has 1 N–H and O–H groups in total. The van der Waals surface area contributed by atoms with Gasteiger partial charge in [0, 0.05) is 6.92 Å². The van der Waals surface area contributed by atoms with Crippen LogP contribution in [0.3, 0.4) is 0 Å². The zero-order chi connectivity index (χ0) is 9.26. The van der Waals surface area contributed by atoms with Crippen LogP contribution in [-0.4, -0.2) is 30.5 Å². The van der Waals surface area contributed by atoms with Gasteiger partial charge in [-0.3, -0.25) is 10.1 Å². The predicted octanol–water partition coefficient (Wildman–Crippen LogP) is -0.522. The lowest BCUT2D eigenvalue weighted by molar-refractivity contribution is -0.114. The van der Waals surface area contributed by atoms with E-state index in [-0.39, 0.29) is 5.91 Å². The van der Waals surface area contributed by atoms with E-state index in [1.54, 1.807) is 0 Å². The van der Waals surface area contributed by atoms with Gasteiger partial charge in [-0.15, -0.1) is 0 Å². The van der Waals surface area contributed by atoms with Crippen molar-refractivity contribution in [3.63, 3.8) is 0 Å². The van der Waals surface area contributed by atoms with Crippen LogP contribution in [0.2, 0.25) is 0 Å². The molecule has 0 aliphatic carbocycles. The van der Waals surface area contributed by atoms with E-state index in [1.165, 1.54) is 24.1 Å². The Kier molecular flexibility index (Phi) is 1.62. The maximum Gasteiger partial charge on any atom is 0.256 e. The molecule has 0 aromatic carbocycles. The van der Waals surface area contributed by atoms with E-state index in [2.05, 4.69) is 25.4 Å². The fraction of sp³-hybridized carbons (Fsp3) is 0.167. The summed E-state index contributed by atoms with van der Waals surface area (Å²) >= 11 is 0. The molecule has 2 heterocycles. The van der Waals surface area contributed by atoms with E-state index < -0.39 is 0 Å². The number of carbonyl (C=O) groups is 1. The third kappa shape index (κ3) is 1.31. The molecule has 0 saturated heterocycles. The first-order valence-electron chi connectivity index (χ1n) is 3.55. The molecule has 7 heteroatoms. The molecule has 0 fully saturated rings. The Hall–Kier alpha value is -2.05. The van der Waals surface area contributed by atoms with Crippen molar-refractivity contribution in [1.82, 2.24) is 24.6 Å². The van der Waals surface area contributed by atoms with Crippen LogP contribution in [-0.2, 0) is 4.79 Å². The van der Waals surface area contributed by atoms with Gasteiger partial charge in [0.1, 0.15) is 12.7 Å². The number of carbonyl (C=O) groups excluding carboxylic acids is 1. The van der Waals surface area contributed by atoms with Gasteiger partial charge < -0.3 is 0 Å². The van der Waals surface area contributed by atoms with Crippen molar-refractivity contribution >= 4 is 17.6 Å². The average molecular weight is 178 g/mol. The van der Waals surface area contributed by atoms with Crippen LogP contribution in [0.5, 0.6) is 0 Å². The Balaban J connectivity index is 2.54. The van der Waals surface area contributed by atoms with E-state index >= 15 is 0 Å². The quantitative estimate of drug-likeness (QED) is 0.634. The van der Waals surface area contributed by atoms with Crippen molar-refractivity contribution in [1.29, 1.82) is 0 Å². The molecule has 0 saturated carbocycles. The minimum Gasteiger partial charge on any atom is -0.295 e. The van der Waals surface area contributed by atoms with E-state index in [9.17, 15) is 4.79 Å². The average Bonchev–Trinajstić information content (AvgIpc) is 2.51. The monoisotopic (exact) mass is 178 g/mol. The maximum atomic E-state index is 10.7. The van der Waals surface area contributed by atoms with Crippen LogP contribution in [0.1, 0.15) is 6.92 Å². The number of aromatic nitrogens is 5. The van der Waals surface area contributed by atoms with Crippen molar-refractivity contribution < 1.29 is 4.79 Å². The zero-order valence-electron chi connectivity index (χ0n) is 6.80. The number of nitrogens with one attached hydrogen (secondary N) is 1. The van der Waals surface area contributed by atoms with Crippen LogP contribution in [0.15, 0.2) is 12.7 Å². The van der Waals surface area contributed by atoms with Gasteiger partial charge in [-0.25, -0.2) is 4.98 Å². The molecule has 0 unspecified atom stereocenters. The third-order valence-corrected chi connectivity index (χ3v) is 1.37. The summed E-state index contributed by atoms with van der Waals surface area (Å²) in [6.45, 7) is 1.39. The molecule has 2 rings (SSSR count). The summed E-state index contributed by atoms with van der Waals surface area (Å²) in [7, 11) is 0. The zero-order valence-corrected chi connectivity index (χ0v) is 6.80. The Morgan fingerprint density at radius 3 is 2.92 bits per heavy atom. The third-order valence-electron chi connectivity index (χ3n) is 1.37. The number of anilines is 1. The summed E-state index contributed by atoms with van der Waals surface area (Å²) in [4.78, 5) is 22.3. The molecule has 13 heavy (non-hydrogen) atoms. The highest BCUT2D eigenvalue weighted by atomic mass is 16.1. The smallest absolute Gasteiger partial charge is 0.256 e. The van der Waals surface area contributed by atoms with Crippen LogP contribution in [0.25, 0.3) is 5.78 Å². The number of hydrogen-bond acceptors (Lipinski definition) is 5. The summed E-state index contributed by atoms with van der Waals surface area (Å²) in [5.41, 5.74) is 0. The molecule has 2 aromatic heterocycles. The van der Waals surface area contributed by atoms with Crippen LogP contribution in [0.4, 0.5) is 5.95 Å². The second-order valence-electron chi connectivity index (χ2n) is 2.35. The van der Waals surface area contributed by atoms with Crippen LogP contribution >= 0.6 is 0 Å². The van der Waals surface area contributed by atoms with Crippen molar-refractivity contribution in [2.24, 2.45) is 0 Å². The second-order valence-corrected chi connectivity index (χ2v) is 2.35.